The molecule has 2 aromatic rings. The Hall–Kier alpha value is -2.24. The van der Waals surface area contributed by atoms with Gasteiger partial charge in [-0.1, -0.05) is 6.42 Å². The van der Waals surface area contributed by atoms with E-state index in [1.807, 2.05) is 23.4 Å². The highest BCUT2D eigenvalue weighted by molar-refractivity contribution is 7.89. The van der Waals surface area contributed by atoms with Crippen LogP contribution in [0.2, 0.25) is 0 Å². The summed E-state index contributed by atoms with van der Waals surface area (Å²) in [5.41, 5.74) is 2.00. The van der Waals surface area contributed by atoms with Crippen LogP contribution in [0.15, 0.2) is 12.1 Å². The van der Waals surface area contributed by atoms with Gasteiger partial charge < -0.3 is 15.0 Å². The van der Waals surface area contributed by atoms with E-state index in [-0.39, 0.29) is 23.9 Å². The zero-order valence-electron chi connectivity index (χ0n) is 20.9. The van der Waals surface area contributed by atoms with Crippen molar-refractivity contribution in [2.24, 2.45) is 0 Å². The van der Waals surface area contributed by atoms with Gasteiger partial charge in [0.25, 0.3) is 0 Å². The van der Waals surface area contributed by atoms with Gasteiger partial charge >= 0.3 is 0 Å². The van der Waals surface area contributed by atoms with Crippen LogP contribution < -0.4 is 10.2 Å². The number of piperidine rings is 2. The maximum Gasteiger partial charge on any atom is 0.227 e. The third kappa shape index (κ3) is 5.17. The Morgan fingerprint density at radius 2 is 1.83 bits per heavy atom. The molecule has 3 aliphatic rings. The molecule has 0 aliphatic carbocycles. The molecule has 35 heavy (non-hydrogen) atoms. The topological polar surface area (TPSA) is 116 Å². The summed E-state index contributed by atoms with van der Waals surface area (Å²) in [6.45, 7) is 5.20. The minimum absolute atomic E-state index is 0.0585. The molecule has 11 heteroatoms. The van der Waals surface area contributed by atoms with Crippen LogP contribution in [0.25, 0.3) is 0 Å². The second-order valence-electron chi connectivity index (χ2n) is 10.1. The SMILES string of the molecule is CCS(=O)(=O)N1[C@@H]2CCC[C@H]1C[C@H](N(C)c1nc(Nc3cc(C)[nH]n3)cc(C3CCOCC3)n1)C2. The summed E-state index contributed by atoms with van der Waals surface area (Å²) in [5.74, 6) is 2.62. The zero-order valence-corrected chi connectivity index (χ0v) is 21.7. The lowest BCUT2D eigenvalue weighted by atomic mass is 9.83. The molecule has 5 heterocycles. The normalized spacial score (nSPS) is 26.0. The van der Waals surface area contributed by atoms with Gasteiger partial charge in [-0.25, -0.2) is 13.4 Å². The fraction of sp³-hybridized carbons (Fsp3) is 0.708. The third-order valence-electron chi connectivity index (χ3n) is 7.77. The van der Waals surface area contributed by atoms with Crippen molar-refractivity contribution >= 4 is 27.6 Å². The number of nitrogens with zero attached hydrogens (tertiary/aromatic N) is 5. The quantitative estimate of drug-likeness (QED) is 0.591. The first-order valence-electron chi connectivity index (χ1n) is 12.8. The average Bonchev–Trinajstić information content (AvgIpc) is 3.27. The summed E-state index contributed by atoms with van der Waals surface area (Å²) in [4.78, 5) is 12.1. The van der Waals surface area contributed by atoms with Crippen molar-refractivity contribution in [2.45, 2.75) is 82.8 Å². The molecule has 0 radical (unpaired) electrons. The van der Waals surface area contributed by atoms with Crippen molar-refractivity contribution in [1.29, 1.82) is 0 Å². The molecule has 2 aromatic heterocycles. The Balaban J connectivity index is 1.42. The largest absolute Gasteiger partial charge is 0.381 e. The fourth-order valence-corrected chi connectivity index (χ4v) is 7.47. The summed E-state index contributed by atoms with van der Waals surface area (Å²) in [6.07, 6.45) is 6.44. The fourth-order valence-electron chi connectivity index (χ4n) is 5.88. The standard InChI is InChI=1S/C24H37N7O3S/c1-4-35(32,33)31-18-6-5-7-19(31)14-20(13-18)30(3)24-25-21(17-8-10-34-11-9-17)15-22(27-24)26-23-12-16(2)28-29-23/h12,15,17-20H,4-11,13-14H2,1-3H3,(H2,25,26,27,28,29)/t18-,19+,20-. The van der Waals surface area contributed by atoms with Gasteiger partial charge in [-0.3, -0.25) is 5.10 Å². The number of sulfonamides is 1. The Morgan fingerprint density at radius 3 is 2.46 bits per heavy atom. The Labute approximate surface area is 207 Å². The van der Waals surface area contributed by atoms with Crippen molar-refractivity contribution < 1.29 is 13.2 Å². The van der Waals surface area contributed by atoms with E-state index < -0.39 is 10.0 Å². The number of aromatic amines is 1. The molecule has 3 fully saturated rings. The molecule has 3 atom stereocenters. The molecule has 2 bridgehead atoms. The summed E-state index contributed by atoms with van der Waals surface area (Å²) in [6, 6.07) is 4.29. The van der Waals surface area contributed by atoms with Crippen LogP contribution in [0.4, 0.5) is 17.6 Å². The summed E-state index contributed by atoms with van der Waals surface area (Å²) >= 11 is 0. The Kier molecular flexibility index (Phi) is 7.00. The van der Waals surface area contributed by atoms with Gasteiger partial charge in [0, 0.05) is 62.1 Å². The molecular weight excluding hydrogens is 466 g/mol. The first kappa shape index (κ1) is 24.5. The lowest BCUT2D eigenvalue weighted by molar-refractivity contribution is 0.0844. The van der Waals surface area contributed by atoms with Crippen LogP contribution in [0, 0.1) is 6.92 Å². The van der Waals surface area contributed by atoms with Gasteiger partial charge in [0.05, 0.1) is 11.4 Å². The molecule has 192 valence electrons. The molecular formula is C24H37N7O3S. The first-order valence-corrected chi connectivity index (χ1v) is 14.4. The number of aromatic nitrogens is 4. The van der Waals surface area contributed by atoms with E-state index in [0.717, 1.165) is 81.2 Å². The van der Waals surface area contributed by atoms with E-state index in [4.69, 9.17) is 14.7 Å². The van der Waals surface area contributed by atoms with E-state index >= 15 is 0 Å². The molecule has 10 nitrogen and oxygen atoms in total. The average molecular weight is 504 g/mol. The number of rotatable bonds is 7. The molecule has 0 unspecified atom stereocenters. The summed E-state index contributed by atoms with van der Waals surface area (Å²) in [7, 11) is -1.15. The van der Waals surface area contributed by atoms with Crippen molar-refractivity contribution in [1.82, 2.24) is 24.5 Å². The second kappa shape index (κ2) is 10.0. The lowest BCUT2D eigenvalue weighted by Gasteiger charge is -2.49. The molecule has 3 saturated heterocycles. The number of H-pyrrole nitrogens is 1. The van der Waals surface area contributed by atoms with Crippen molar-refractivity contribution in [2.75, 3.05) is 36.2 Å². The van der Waals surface area contributed by atoms with E-state index in [2.05, 4.69) is 27.5 Å². The van der Waals surface area contributed by atoms with Gasteiger partial charge in [0.1, 0.15) is 5.82 Å². The number of ether oxygens (including phenoxy) is 1. The smallest absolute Gasteiger partial charge is 0.227 e. The minimum atomic E-state index is -3.20. The van der Waals surface area contributed by atoms with Crippen LogP contribution in [0.3, 0.4) is 0 Å². The van der Waals surface area contributed by atoms with Gasteiger partial charge in [-0.15, -0.1) is 0 Å². The van der Waals surface area contributed by atoms with E-state index in [1.54, 1.807) is 6.92 Å². The zero-order chi connectivity index (χ0) is 24.6. The second-order valence-corrected chi connectivity index (χ2v) is 12.3. The summed E-state index contributed by atoms with van der Waals surface area (Å²) in [5, 5.41) is 10.6. The van der Waals surface area contributed by atoms with Gasteiger partial charge in [0.2, 0.25) is 16.0 Å². The van der Waals surface area contributed by atoms with Crippen LogP contribution in [-0.2, 0) is 14.8 Å². The first-order chi connectivity index (χ1) is 16.8. The monoisotopic (exact) mass is 503 g/mol. The lowest BCUT2D eigenvalue weighted by Crippen LogP contribution is -2.58. The molecule has 0 amide bonds. The highest BCUT2D eigenvalue weighted by atomic mass is 32.2. The van der Waals surface area contributed by atoms with E-state index in [0.29, 0.717) is 11.9 Å². The van der Waals surface area contributed by atoms with Crippen LogP contribution in [0.1, 0.15) is 69.2 Å². The highest BCUT2D eigenvalue weighted by Gasteiger charge is 2.45. The number of nitrogens with one attached hydrogen (secondary N) is 2. The maximum absolute atomic E-state index is 12.8. The molecule has 2 N–H and O–H groups in total. The molecule has 3 aliphatic heterocycles. The molecule has 0 saturated carbocycles. The predicted octanol–water partition coefficient (Wildman–Crippen LogP) is 3.32. The van der Waals surface area contributed by atoms with Gasteiger partial charge in [-0.2, -0.15) is 14.4 Å². The Bertz CT molecular complexity index is 1120. The van der Waals surface area contributed by atoms with E-state index in [1.165, 1.54) is 0 Å². The van der Waals surface area contributed by atoms with Crippen molar-refractivity contribution in [3.8, 4) is 0 Å². The van der Waals surface area contributed by atoms with Crippen LogP contribution in [-0.4, -0.2) is 77.0 Å². The molecule has 0 aromatic carbocycles. The van der Waals surface area contributed by atoms with Crippen LogP contribution >= 0.6 is 0 Å². The minimum Gasteiger partial charge on any atom is -0.381 e. The van der Waals surface area contributed by atoms with Crippen molar-refractivity contribution in [3.05, 3.63) is 23.5 Å². The van der Waals surface area contributed by atoms with Crippen molar-refractivity contribution in [3.63, 3.8) is 0 Å². The number of aryl methyl sites for hydroxylation is 1. The molecule has 0 spiro atoms. The maximum atomic E-state index is 12.8. The third-order valence-corrected chi connectivity index (χ3v) is 9.74. The van der Waals surface area contributed by atoms with Crippen LogP contribution in [0.5, 0.6) is 0 Å². The predicted molar refractivity (Wildman–Crippen MR) is 136 cm³/mol. The summed E-state index contributed by atoms with van der Waals surface area (Å²) < 4.78 is 33.0. The Morgan fingerprint density at radius 1 is 1.11 bits per heavy atom. The number of anilines is 3. The number of fused-ring (bicyclic) bond motifs is 2. The van der Waals surface area contributed by atoms with E-state index in [9.17, 15) is 8.42 Å². The number of hydrogen-bond donors (Lipinski definition) is 2. The highest BCUT2D eigenvalue weighted by Crippen LogP contribution is 2.39. The van der Waals surface area contributed by atoms with Gasteiger partial charge in [-0.05, 0) is 52.4 Å². The number of hydrogen-bond acceptors (Lipinski definition) is 8. The molecule has 5 rings (SSSR count). The van der Waals surface area contributed by atoms with Gasteiger partial charge in [0.15, 0.2) is 5.82 Å².